The molecule has 16 heteroatoms. The Morgan fingerprint density at radius 1 is 0.655 bits per heavy atom. The minimum absolute atomic E-state index is 0.0939. The number of hydrogen-bond donors (Lipinski definition) is 3. The van der Waals surface area contributed by atoms with Crippen LogP contribution in [0.1, 0.15) is 26.5 Å². The number of nitrogens with one attached hydrogen (secondary N) is 2. The lowest BCUT2D eigenvalue weighted by Crippen LogP contribution is -2.20. The first kappa shape index (κ1) is 41.4. The summed E-state index contributed by atoms with van der Waals surface area (Å²) in [5.74, 6) is 4.66. The Balaban J connectivity index is 0.000000213. The Kier molecular flexibility index (Phi) is 12.8. The van der Waals surface area contributed by atoms with Gasteiger partial charge in [-0.25, -0.2) is 9.78 Å². The number of carbonyl (C=O) groups excluding carboxylic acids is 1. The lowest BCUT2D eigenvalue weighted by atomic mass is 9.93. The number of aromatic nitrogens is 3. The predicted octanol–water partition coefficient (Wildman–Crippen LogP) is 11.4. The van der Waals surface area contributed by atoms with Crippen molar-refractivity contribution in [1.29, 1.82) is 0 Å². The number of pyridine rings is 2. The lowest BCUT2D eigenvalue weighted by molar-refractivity contribution is 0.262. The highest BCUT2D eigenvalue weighted by molar-refractivity contribution is 7.14. The second-order valence-corrected chi connectivity index (χ2v) is 15.1. The zero-order valence-electron chi connectivity index (χ0n) is 32.6. The molecular formula is C42H40Cl2N6O7S. The van der Waals surface area contributed by atoms with Crippen LogP contribution in [0.5, 0.6) is 46.0 Å². The molecule has 3 aromatic heterocycles. The van der Waals surface area contributed by atoms with Crippen LogP contribution in [0.3, 0.4) is 0 Å². The summed E-state index contributed by atoms with van der Waals surface area (Å²) in [7, 11) is 6.31. The summed E-state index contributed by atoms with van der Waals surface area (Å²) in [5, 5.41) is 10.3. The number of nitrogens with zero attached hydrogens (tertiary/aromatic N) is 3. The highest BCUT2D eigenvalue weighted by atomic mass is 35.5. The van der Waals surface area contributed by atoms with Gasteiger partial charge in [0.1, 0.15) is 23.0 Å². The number of methoxy groups -OCH3 is 4. The van der Waals surface area contributed by atoms with Crippen LogP contribution >= 0.6 is 34.5 Å². The molecule has 0 bridgehead atoms. The fourth-order valence-corrected chi connectivity index (χ4v) is 6.81. The fourth-order valence-electron chi connectivity index (χ4n) is 5.49. The van der Waals surface area contributed by atoms with Crippen molar-refractivity contribution in [3.8, 4) is 46.0 Å². The number of nitrogen functional groups attached to an aromatic ring is 1. The lowest BCUT2D eigenvalue weighted by Gasteiger charge is -2.14. The van der Waals surface area contributed by atoms with Crippen molar-refractivity contribution in [3.63, 3.8) is 0 Å². The summed E-state index contributed by atoms with van der Waals surface area (Å²) < 4.78 is 33.4. The number of hydrogen-bond acceptors (Lipinski definition) is 12. The number of urea groups is 1. The van der Waals surface area contributed by atoms with Gasteiger partial charge in [0, 0.05) is 58.2 Å². The molecule has 0 spiro atoms. The first-order valence-corrected chi connectivity index (χ1v) is 19.2. The highest BCUT2D eigenvalue weighted by Gasteiger charge is 2.19. The Morgan fingerprint density at radius 3 is 1.62 bits per heavy atom. The molecule has 0 saturated heterocycles. The first-order valence-electron chi connectivity index (χ1n) is 17.6. The van der Waals surface area contributed by atoms with Gasteiger partial charge in [-0.05, 0) is 48.5 Å². The van der Waals surface area contributed by atoms with Crippen LogP contribution < -0.4 is 44.8 Å². The molecule has 7 aromatic rings. The summed E-state index contributed by atoms with van der Waals surface area (Å²) in [6.45, 7) is 6.20. The van der Waals surface area contributed by atoms with Gasteiger partial charge in [0.05, 0.1) is 66.6 Å². The van der Waals surface area contributed by atoms with Gasteiger partial charge in [-0.15, -0.1) is 11.3 Å². The number of anilines is 3. The maximum absolute atomic E-state index is 12.5. The normalized spacial score (nSPS) is 11.0. The number of rotatable bonds is 10. The minimum atomic E-state index is -0.434. The van der Waals surface area contributed by atoms with Gasteiger partial charge in [0.15, 0.2) is 28.1 Å². The average Bonchev–Trinajstić information content (AvgIpc) is 3.69. The van der Waals surface area contributed by atoms with Crippen LogP contribution in [0.25, 0.3) is 21.8 Å². The first-order chi connectivity index (χ1) is 27.8. The highest BCUT2D eigenvalue weighted by Crippen LogP contribution is 2.39. The molecular weight excluding hydrogens is 803 g/mol. The molecule has 58 heavy (non-hydrogen) atoms. The van der Waals surface area contributed by atoms with E-state index in [1.54, 1.807) is 101 Å². The molecule has 0 unspecified atom stereocenters. The second-order valence-electron chi connectivity index (χ2n) is 13.5. The maximum atomic E-state index is 12.5. The molecule has 0 aliphatic rings. The summed E-state index contributed by atoms with van der Waals surface area (Å²) in [6, 6.07) is 20.5. The molecule has 0 atom stereocenters. The third-order valence-corrected chi connectivity index (χ3v) is 9.92. The van der Waals surface area contributed by atoms with E-state index < -0.39 is 6.03 Å². The van der Waals surface area contributed by atoms with Crippen molar-refractivity contribution in [2.45, 2.75) is 26.2 Å². The van der Waals surface area contributed by atoms with E-state index in [0.29, 0.717) is 78.1 Å². The van der Waals surface area contributed by atoms with Crippen LogP contribution in [-0.2, 0) is 5.41 Å². The van der Waals surface area contributed by atoms with E-state index in [1.165, 1.54) is 11.3 Å². The van der Waals surface area contributed by atoms with Gasteiger partial charge >= 0.3 is 6.03 Å². The third kappa shape index (κ3) is 9.65. The van der Waals surface area contributed by atoms with Crippen molar-refractivity contribution in [2.75, 3.05) is 44.8 Å². The van der Waals surface area contributed by atoms with E-state index in [4.69, 9.17) is 57.4 Å². The summed E-state index contributed by atoms with van der Waals surface area (Å²) in [6.07, 6.45) is 3.32. The molecule has 4 N–H and O–H groups in total. The number of thiazole rings is 1. The van der Waals surface area contributed by atoms with Gasteiger partial charge in [0.2, 0.25) is 0 Å². The van der Waals surface area contributed by atoms with Crippen molar-refractivity contribution in [2.24, 2.45) is 0 Å². The van der Waals surface area contributed by atoms with Gasteiger partial charge in [-0.1, -0.05) is 44.0 Å². The number of benzene rings is 4. The topological polar surface area (TPSA) is 161 Å². The maximum Gasteiger partial charge on any atom is 0.325 e. The van der Waals surface area contributed by atoms with E-state index in [2.05, 4.69) is 46.4 Å². The summed E-state index contributed by atoms with van der Waals surface area (Å²) >= 11 is 13.8. The van der Waals surface area contributed by atoms with Gasteiger partial charge in [0.25, 0.3) is 0 Å². The zero-order valence-corrected chi connectivity index (χ0v) is 34.9. The van der Waals surface area contributed by atoms with Crippen molar-refractivity contribution in [1.82, 2.24) is 15.0 Å². The number of nitrogens with two attached hydrogens (primary N) is 1. The molecule has 7 rings (SSSR count). The third-order valence-electron chi connectivity index (χ3n) is 8.52. The second kappa shape index (κ2) is 17.9. The van der Waals surface area contributed by atoms with E-state index in [1.807, 2.05) is 17.5 Å². The number of amides is 2. The molecule has 0 radical (unpaired) electrons. The van der Waals surface area contributed by atoms with E-state index in [0.717, 1.165) is 22.0 Å². The summed E-state index contributed by atoms with van der Waals surface area (Å²) in [5.41, 5.74) is 8.91. The largest absolute Gasteiger partial charge is 0.493 e. The van der Waals surface area contributed by atoms with Gasteiger partial charge < -0.3 is 39.5 Å². The Bertz CT molecular complexity index is 2600. The smallest absolute Gasteiger partial charge is 0.325 e. The SMILES string of the molecule is COc1cc2nccc(Oc3ccc(N)c(Cl)c3)c2cc1OC.COc1cc2nccc(Oc3ccc(NC(=O)Nc4nc(C(C)(C)C)cs4)c(Cl)c3)c2cc1OC. The number of fused-ring (bicyclic) bond motifs is 2. The summed E-state index contributed by atoms with van der Waals surface area (Å²) in [4.78, 5) is 25.6. The minimum Gasteiger partial charge on any atom is -0.493 e. The van der Waals surface area contributed by atoms with Crippen LogP contribution in [0.15, 0.2) is 90.6 Å². The van der Waals surface area contributed by atoms with Crippen molar-refractivity contribution < 1.29 is 33.2 Å². The van der Waals surface area contributed by atoms with Crippen LogP contribution in [-0.4, -0.2) is 49.4 Å². The van der Waals surface area contributed by atoms with Crippen LogP contribution in [0.4, 0.5) is 21.3 Å². The Hall–Kier alpha value is -6.22. The molecule has 0 aliphatic carbocycles. The van der Waals surface area contributed by atoms with Crippen molar-refractivity contribution in [3.05, 3.63) is 106 Å². The monoisotopic (exact) mass is 842 g/mol. The van der Waals surface area contributed by atoms with Crippen molar-refractivity contribution >= 4 is 78.9 Å². The van der Waals surface area contributed by atoms with Crippen LogP contribution in [0.2, 0.25) is 10.0 Å². The molecule has 300 valence electrons. The molecule has 3 heterocycles. The number of halogens is 2. The number of carbonyl (C=O) groups is 1. The zero-order chi connectivity index (χ0) is 41.6. The average molecular weight is 844 g/mol. The molecule has 0 fully saturated rings. The predicted molar refractivity (Wildman–Crippen MR) is 231 cm³/mol. The van der Waals surface area contributed by atoms with E-state index >= 15 is 0 Å². The van der Waals surface area contributed by atoms with Gasteiger partial charge in [-0.2, -0.15) is 0 Å². The van der Waals surface area contributed by atoms with Crippen LogP contribution in [0, 0.1) is 0 Å². The Morgan fingerprint density at radius 2 is 1.16 bits per heavy atom. The standard InChI is InChI=1S/C25H25ClN4O4S.C17H15ClN2O3/c1-25(2,3)22-13-35-24(29-22)30-23(31)28-17-7-6-14(10-16(17)26)34-19-8-9-27-18-12-21(33-5)20(32-4)11-15(18)19;1-21-16-8-11-14(9-17(16)22-2)20-6-5-15(11)23-10-3-4-13(19)12(18)7-10/h6-13H,1-5H3,(H2,28,29,30,31);3-9H,19H2,1-2H3. The van der Waals surface area contributed by atoms with Gasteiger partial charge in [-0.3, -0.25) is 15.3 Å². The van der Waals surface area contributed by atoms with E-state index in [9.17, 15) is 4.79 Å². The Labute approximate surface area is 349 Å². The molecule has 4 aromatic carbocycles. The van der Waals surface area contributed by atoms with E-state index in [-0.39, 0.29) is 5.41 Å². The number of ether oxygens (including phenoxy) is 6. The fraction of sp³-hybridized carbons (Fsp3) is 0.190. The molecule has 0 saturated carbocycles. The molecule has 0 aliphatic heterocycles. The molecule has 13 nitrogen and oxygen atoms in total. The quantitative estimate of drug-likeness (QED) is 0.112. The molecule has 2 amide bonds.